The number of H-pyrrole nitrogens is 1. The van der Waals surface area contributed by atoms with Crippen LogP contribution in [0.2, 0.25) is 0 Å². The number of carbonyl (C=O) groups excluding carboxylic acids is 1. The van der Waals surface area contributed by atoms with Gasteiger partial charge in [0.15, 0.2) is 0 Å². The van der Waals surface area contributed by atoms with E-state index in [1.807, 2.05) is 18.3 Å². The SMILES string of the molecule is C[C@@H]1CCCCN1c1[nH+]cccc1C(=O)NC1CCCC1. The standard InChI is InChI=1S/C17H25N3O/c1-13-7-4-5-12-20(13)16-15(10-6-11-18-16)17(21)19-14-8-2-3-9-14/h6,10-11,13-14H,2-5,7-9,12H2,1H3,(H,19,21)/p+1/t13-/m1/s1. The van der Waals surface area contributed by atoms with E-state index in [2.05, 4.69) is 22.1 Å². The number of anilines is 1. The van der Waals surface area contributed by atoms with E-state index in [1.54, 1.807) is 0 Å². The number of rotatable bonds is 3. The summed E-state index contributed by atoms with van der Waals surface area (Å²) in [6, 6.07) is 4.72. The lowest BCUT2D eigenvalue weighted by atomic mass is 10.0. The lowest BCUT2D eigenvalue weighted by Crippen LogP contribution is -2.43. The van der Waals surface area contributed by atoms with Gasteiger partial charge in [-0.2, -0.15) is 0 Å². The van der Waals surface area contributed by atoms with E-state index in [4.69, 9.17) is 0 Å². The van der Waals surface area contributed by atoms with Crippen molar-refractivity contribution in [2.24, 2.45) is 0 Å². The van der Waals surface area contributed by atoms with Crippen LogP contribution in [0.5, 0.6) is 0 Å². The molecule has 1 aliphatic heterocycles. The lowest BCUT2D eigenvalue weighted by molar-refractivity contribution is -0.364. The van der Waals surface area contributed by atoms with Crippen molar-refractivity contribution >= 4 is 11.7 Å². The molecule has 1 aromatic heterocycles. The maximum absolute atomic E-state index is 12.6. The van der Waals surface area contributed by atoms with Crippen LogP contribution in [0.3, 0.4) is 0 Å². The number of nitrogens with one attached hydrogen (secondary N) is 2. The highest BCUT2D eigenvalue weighted by molar-refractivity contribution is 5.98. The molecular weight excluding hydrogens is 262 g/mol. The van der Waals surface area contributed by atoms with Gasteiger partial charge >= 0.3 is 0 Å². The van der Waals surface area contributed by atoms with E-state index in [0.717, 1.165) is 30.8 Å². The van der Waals surface area contributed by atoms with E-state index in [0.29, 0.717) is 12.1 Å². The van der Waals surface area contributed by atoms with Crippen LogP contribution in [0.4, 0.5) is 5.82 Å². The number of amides is 1. The Kier molecular flexibility index (Phi) is 4.42. The molecule has 0 bridgehead atoms. The zero-order valence-electron chi connectivity index (χ0n) is 12.9. The second kappa shape index (κ2) is 6.46. The molecular formula is C17H26N3O+. The van der Waals surface area contributed by atoms with Gasteiger partial charge in [-0.25, -0.2) is 4.98 Å². The first-order chi connectivity index (χ1) is 10.3. The number of pyridine rings is 1. The molecule has 4 nitrogen and oxygen atoms in total. The van der Waals surface area contributed by atoms with E-state index < -0.39 is 0 Å². The fraction of sp³-hybridized carbons (Fsp3) is 0.647. The minimum Gasteiger partial charge on any atom is -0.349 e. The van der Waals surface area contributed by atoms with E-state index in [1.165, 1.54) is 32.1 Å². The van der Waals surface area contributed by atoms with Crippen LogP contribution >= 0.6 is 0 Å². The summed E-state index contributed by atoms with van der Waals surface area (Å²) in [6.07, 6.45) is 10.3. The van der Waals surface area contributed by atoms with Gasteiger partial charge in [-0.15, -0.1) is 0 Å². The highest BCUT2D eigenvalue weighted by atomic mass is 16.1. The Bertz CT molecular complexity index is 497. The van der Waals surface area contributed by atoms with Crippen molar-refractivity contribution in [1.82, 2.24) is 5.32 Å². The van der Waals surface area contributed by atoms with Crippen molar-refractivity contribution in [3.05, 3.63) is 23.9 Å². The van der Waals surface area contributed by atoms with Gasteiger partial charge in [-0.3, -0.25) is 9.69 Å². The summed E-state index contributed by atoms with van der Waals surface area (Å²) >= 11 is 0. The molecule has 1 aliphatic carbocycles. The number of nitrogens with zero attached hydrogens (tertiary/aromatic N) is 1. The topological polar surface area (TPSA) is 46.5 Å². The largest absolute Gasteiger partial charge is 0.349 e. The van der Waals surface area contributed by atoms with Gasteiger partial charge < -0.3 is 5.32 Å². The molecule has 0 unspecified atom stereocenters. The zero-order valence-corrected chi connectivity index (χ0v) is 12.9. The molecule has 1 saturated heterocycles. The van der Waals surface area contributed by atoms with Gasteiger partial charge in [0.25, 0.3) is 11.7 Å². The summed E-state index contributed by atoms with van der Waals surface area (Å²) in [6.45, 7) is 3.28. The van der Waals surface area contributed by atoms with Crippen molar-refractivity contribution in [2.75, 3.05) is 11.4 Å². The summed E-state index contributed by atoms with van der Waals surface area (Å²) in [7, 11) is 0. The monoisotopic (exact) mass is 288 g/mol. The molecule has 2 heterocycles. The highest BCUT2D eigenvalue weighted by Gasteiger charge is 2.31. The van der Waals surface area contributed by atoms with Crippen molar-refractivity contribution in [3.63, 3.8) is 0 Å². The Balaban J connectivity index is 1.79. The van der Waals surface area contributed by atoms with Gasteiger partial charge in [0.1, 0.15) is 5.56 Å². The first-order valence-corrected chi connectivity index (χ1v) is 8.34. The molecule has 3 rings (SSSR count). The quantitative estimate of drug-likeness (QED) is 0.929. The van der Waals surface area contributed by atoms with Crippen molar-refractivity contribution < 1.29 is 9.78 Å². The summed E-state index contributed by atoms with van der Waals surface area (Å²) in [4.78, 5) is 18.3. The highest BCUT2D eigenvalue weighted by Crippen LogP contribution is 2.25. The van der Waals surface area contributed by atoms with Crippen LogP contribution in [0.1, 0.15) is 62.2 Å². The van der Waals surface area contributed by atoms with Gasteiger partial charge in [0.05, 0.1) is 18.8 Å². The van der Waals surface area contributed by atoms with Crippen LogP contribution < -0.4 is 15.2 Å². The fourth-order valence-corrected chi connectivity index (χ4v) is 3.61. The number of carbonyl (C=O) groups is 1. The second-order valence-electron chi connectivity index (χ2n) is 6.43. The molecule has 1 amide bonds. The maximum atomic E-state index is 12.6. The van der Waals surface area contributed by atoms with Crippen LogP contribution in [-0.2, 0) is 0 Å². The van der Waals surface area contributed by atoms with Gasteiger partial charge in [-0.1, -0.05) is 12.8 Å². The third kappa shape index (κ3) is 3.20. The number of hydrogen-bond acceptors (Lipinski definition) is 2. The van der Waals surface area contributed by atoms with Crippen LogP contribution in [0.15, 0.2) is 18.3 Å². The Morgan fingerprint density at radius 3 is 2.76 bits per heavy atom. The minimum atomic E-state index is 0.0755. The van der Waals surface area contributed by atoms with Crippen molar-refractivity contribution in [1.29, 1.82) is 0 Å². The summed E-state index contributed by atoms with van der Waals surface area (Å²) < 4.78 is 0. The van der Waals surface area contributed by atoms with Crippen LogP contribution in [-0.4, -0.2) is 24.5 Å². The second-order valence-corrected chi connectivity index (χ2v) is 6.43. The third-order valence-corrected chi connectivity index (χ3v) is 4.86. The lowest BCUT2D eigenvalue weighted by Gasteiger charge is -2.28. The normalized spacial score (nSPS) is 23.3. The Morgan fingerprint density at radius 2 is 2.00 bits per heavy atom. The molecule has 2 N–H and O–H groups in total. The van der Waals surface area contributed by atoms with Gasteiger partial charge in [0.2, 0.25) is 0 Å². The summed E-state index contributed by atoms with van der Waals surface area (Å²) in [5.41, 5.74) is 0.790. The zero-order chi connectivity index (χ0) is 14.7. The number of aromatic amines is 1. The average Bonchev–Trinajstić information content (AvgIpc) is 3.01. The average molecular weight is 288 g/mol. The van der Waals surface area contributed by atoms with Crippen LogP contribution in [0.25, 0.3) is 0 Å². The minimum absolute atomic E-state index is 0.0755. The molecule has 1 atom stereocenters. The Hall–Kier alpha value is -1.58. The van der Waals surface area contributed by atoms with E-state index in [9.17, 15) is 4.79 Å². The molecule has 1 saturated carbocycles. The Labute approximate surface area is 126 Å². The predicted octanol–water partition coefficient (Wildman–Crippen LogP) is 2.55. The molecule has 2 aliphatic rings. The maximum Gasteiger partial charge on any atom is 0.287 e. The number of aromatic nitrogens is 1. The molecule has 114 valence electrons. The van der Waals surface area contributed by atoms with Gasteiger partial charge in [0, 0.05) is 6.04 Å². The third-order valence-electron chi connectivity index (χ3n) is 4.86. The van der Waals surface area contributed by atoms with Crippen molar-refractivity contribution in [2.45, 2.75) is 64.0 Å². The first kappa shape index (κ1) is 14.4. The molecule has 1 aromatic rings. The molecule has 0 radical (unpaired) electrons. The van der Waals surface area contributed by atoms with Crippen molar-refractivity contribution in [3.8, 4) is 0 Å². The molecule has 4 heteroatoms. The summed E-state index contributed by atoms with van der Waals surface area (Å²) in [5.74, 6) is 1.06. The van der Waals surface area contributed by atoms with E-state index >= 15 is 0 Å². The Morgan fingerprint density at radius 1 is 1.24 bits per heavy atom. The molecule has 21 heavy (non-hydrogen) atoms. The predicted molar refractivity (Wildman–Crippen MR) is 83.4 cm³/mol. The molecule has 0 spiro atoms. The smallest absolute Gasteiger partial charge is 0.287 e. The van der Waals surface area contributed by atoms with Gasteiger partial charge in [-0.05, 0) is 51.2 Å². The van der Waals surface area contributed by atoms with E-state index in [-0.39, 0.29) is 5.91 Å². The fourth-order valence-electron chi connectivity index (χ4n) is 3.61. The van der Waals surface area contributed by atoms with Crippen LogP contribution in [0, 0.1) is 0 Å². The first-order valence-electron chi connectivity index (χ1n) is 8.34. The number of piperidine rings is 1. The molecule has 0 aromatic carbocycles. The summed E-state index contributed by atoms with van der Waals surface area (Å²) in [5, 5.41) is 3.20. The molecule has 2 fully saturated rings. The number of hydrogen-bond donors (Lipinski definition) is 1.